The monoisotopic (exact) mass is 584 g/mol. The molecule has 4 aliphatic rings. The molecule has 0 bridgehead atoms. The fourth-order valence-electron chi connectivity index (χ4n) is 7.68. The van der Waals surface area contributed by atoms with E-state index < -0.39 is 47.2 Å². The summed E-state index contributed by atoms with van der Waals surface area (Å²) < 4.78 is 18.2. The molecule has 1 aliphatic heterocycles. The molecule has 2 aromatic carbocycles. The van der Waals surface area contributed by atoms with Gasteiger partial charge in [-0.15, -0.1) is 0 Å². The molecular weight excluding hydrogens is 544 g/mol. The lowest BCUT2D eigenvalue weighted by molar-refractivity contribution is -0.168. The van der Waals surface area contributed by atoms with Crippen molar-refractivity contribution in [1.29, 1.82) is 0 Å². The van der Waals surface area contributed by atoms with Gasteiger partial charge in [-0.25, -0.2) is 9.59 Å². The number of benzene rings is 2. The van der Waals surface area contributed by atoms with Gasteiger partial charge in [-0.3, -0.25) is 4.79 Å². The zero-order chi connectivity index (χ0) is 30.6. The van der Waals surface area contributed by atoms with E-state index in [4.69, 9.17) is 14.2 Å². The third kappa shape index (κ3) is 5.38. The number of aliphatic hydroxyl groups excluding tert-OH is 1. The maximum Gasteiger partial charge on any atom is 0.338 e. The Labute approximate surface area is 252 Å². The van der Waals surface area contributed by atoms with Crippen LogP contribution in [0.2, 0.25) is 0 Å². The Hall–Kier alpha value is -3.55. The van der Waals surface area contributed by atoms with Crippen LogP contribution in [0.5, 0.6) is 0 Å². The fraction of sp³-hybridized carbons (Fsp3) is 0.472. The molecule has 6 rings (SSSR count). The van der Waals surface area contributed by atoms with E-state index >= 15 is 0 Å². The number of allylic oxidation sites excluding steroid dienone is 1. The summed E-state index contributed by atoms with van der Waals surface area (Å²) in [6.45, 7) is 8.11. The van der Waals surface area contributed by atoms with E-state index in [0.717, 1.165) is 18.4 Å². The number of ketones is 1. The number of epoxide rings is 1. The van der Waals surface area contributed by atoms with Gasteiger partial charge >= 0.3 is 11.9 Å². The Kier molecular flexibility index (Phi) is 7.46. The van der Waals surface area contributed by atoms with Crippen LogP contribution in [0.15, 0.2) is 78.4 Å². The van der Waals surface area contributed by atoms with Crippen molar-refractivity contribution in [1.82, 2.24) is 0 Å². The van der Waals surface area contributed by atoms with E-state index in [1.807, 2.05) is 49.4 Å². The molecule has 43 heavy (non-hydrogen) atoms. The zero-order valence-corrected chi connectivity index (χ0v) is 25.2. The number of carbonyl (C=O) groups is 3. The van der Waals surface area contributed by atoms with E-state index in [0.29, 0.717) is 17.1 Å². The van der Waals surface area contributed by atoms with Crippen molar-refractivity contribution < 1.29 is 33.7 Å². The van der Waals surface area contributed by atoms with Gasteiger partial charge in [-0.2, -0.15) is 0 Å². The molecular formula is C36H40O7. The largest absolute Gasteiger partial charge is 0.462 e. The highest BCUT2D eigenvalue weighted by Gasteiger charge is 2.72. The minimum atomic E-state index is -1.68. The van der Waals surface area contributed by atoms with Crippen LogP contribution in [0, 0.1) is 29.1 Å². The van der Waals surface area contributed by atoms with E-state index in [2.05, 4.69) is 13.8 Å². The first kappa shape index (κ1) is 29.5. The van der Waals surface area contributed by atoms with Crippen molar-refractivity contribution >= 4 is 23.8 Å². The average molecular weight is 585 g/mol. The summed E-state index contributed by atoms with van der Waals surface area (Å²) in [5.41, 5.74) is -0.442. The van der Waals surface area contributed by atoms with E-state index in [9.17, 15) is 19.5 Å². The first-order valence-corrected chi connectivity index (χ1v) is 15.2. The molecule has 1 heterocycles. The van der Waals surface area contributed by atoms with Gasteiger partial charge in [-0.1, -0.05) is 68.5 Å². The summed E-state index contributed by atoms with van der Waals surface area (Å²) in [5, 5.41) is 11.8. The van der Waals surface area contributed by atoms with Crippen LogP contribution in [0.25, 0.3) is 6.08 Å². The Morgan fingerprint density at radius 2 is 1.72 bits per heavy atom. The molecule has 226 valence electrons. The molecule has 2 saturated carbocycles. The lowest BCUT2D eigenvalue weighted by Gasteiger charge is -2.34. The Bertz CT molecular complexity index is 1460. The highest BCUT2D eigenvalue weighted by molar-refractivity contribution is 6.04. The summed E-state index contributed by atoms with van der Waals surface area (Å²) >= 11 is 0. The highest BCUT2D eigenvalue weighted by Crippen LogP contribution is 2.64. The van der Waals surface area contributed by atoms with E-state index in [1.165, 1.54) is 6.08 Å². The van der Waals surface area contributed by atoms with Crippen molar-refractivity contribution in [2.75, 3.05) is 6.61 Å². The number of aliphatic hydroxyl groups is 1. The molecule has 0 unspecified atom stereocenters. The van der Waals surface area contributed by atoms with Crippen LogP contribution in [-0.4, -0.2) is 52.8 Å². The third-order valence-corrected chi connectivity index (χ3v) is 10.4. The molecule has 7 nitrogen and oxygen atoms in total. The number of rotatable bonds is 6. The van der Waals surface area contributed by atoms with Gasteiger partial charge in [0.05, 0.1) is 35.9 Å². The van der Waals surface area contributed by atoms with Crippen LogP contribution in [0.1, 0.15) is 62.9 Å². The standard InChI is InChI=1S/C36H40O7/c1-22-19-27-26(34(27,2)3)17-18-35(4)32(43-35)29-30(38)25(21-41-33(40)24-13-9-6-10-14-24)20-36(29,31(22)39)42-28(37)16-15-23-11-7-5-8-12-23/h5-16,19,25-27,29-30,32,38H,17-18,20-21H2,1-4H3/t25-,26+,27-,29-,30+,32-,35-,36+/m1/s1. The number of Topliss-reactive ketones (excluding diaryl/α,β-unsaturated/α-hetero) is 1. The molecule has 0 radical (unpaired) electrons. The maximum atomic E-state index is 14.5. The SMILES string of the molecule is CC1=C[C@@H]2[C@H](CC[C@@]3(C)O[C@@H]3[C@H]3[C@@H](O)[C@@H](COC(=O)c4ccccc4)C[C@@]3(OC(=O)C=Cc3ccccc3)C1=O)C2(C)C. The van der Waals surface area contributed by atoms with Gasteiger partial charge < -0.3 is 19.3 Å². The van der Waals surface area contributed by atoms with Gasteiger partial charge in [-0.05, 0) is 73.3 Å². The quantitative estimate of drug-likeness (QED) is 0.269. The third-order valence-electron chi connectivity index (χ3n) is 10.4. The summed E-state index contributed by atoms with van der Waals surface area (Å²) in [4.78, 5) is 40.8. The summed E-state index contributed by atoms with van der Waals surface area (Å²) in [7, 11) is 0. The molecule has 2 aromatic rings. The summed E-state index contributed by atoms with van der Waals surface area (Å²) in [5.74, 6) is -2.31. The van der Waals surface area contributed by atoms with E-state index in [1.54, 1.807) is 37.3 Å². The lowest BCUT2D eigenvalue weighted by atomic mass is 9.77. The van der Waals surface area contributed by atoms with Crippen molar-refractivity contribution in [2.24, 2.45) is 29.1 Å². The van der Waals surface area contributed by atoms with Crippen molar-refractivity contribution in [3.8, 4) is 0 Å². The highest BCUT2D eigenvalue weighted by atomic mass is 16.6. The Morgan fingerprint density at radius 3 is 2.42 bits per heavy atom. The molecule has 7 heteroatoms. The second kappa shape index (κ2) is 10.9. The number of hydrogen-bond acceptors (Lipinski definition) is 7. The van der Waals surface area contributed by atoms with Gasteiger partial charge in [0.2, 0.25) is 5.78 Å². The predicted molar refractivity (Wildman–Crippen MR) is 161 cm³/mol. The van der Waals surface area contributed by atoms with Gasteiger partial charge in [0.25, 0.3) is 0 Å². The molecule has 8 atom stereocenters. The average Bonchev–Trinajstić information content (AvgIpc) is 3.77. The van der Waals surface area contributed by atoms with Crippen LogP contribution in [-0.2, 0) is 23.8 Å². The van der Waals surface area contributed by atoms with Crippen molar-refractivity contribution in [2.45, 2.75) is 70.4 Å². The number of hydrogen-bond donors (Lipinski definition) is 1. The van der Waals surface area contributed by atoms with Crippen LogP contribution in [0.4, 0.5) is 0 Å². The van der Waals surface area contributed by atoms with Crippen molar-refractivity contribution in [3.63, 3.8) is 0 Å². The minimum Gasteiger partial charge on any atom is -0.462 e. The first-order valence-electron chi connectivity index (χ1n) is 15.2. The minimum absolute atomic E-state index is 0.0171. The van der Waals surface area contributed by atoms with Crippen LogP contribution >= 0.6 is 0 Å². The van der Waals surface area contributed by atoms with Crippen molar-refractivity contribution in [3.05, 3.63) is 89.5 Å². The maximum absolute atomic E-state index is 14.5. The number of carbonyl (C=O) groups excluding carboxylic acids is 3. The molecule has 3 aliphatic carbocycles. The lowest BCUT2D eigenvalue weighted by Crippen LogP contribution is -2.52. The Morgan fingerprint density at radius 1 is 1.05 bits per heavy atom. The smallest absolute Gasteiger partial charge is 0.338 e. The Balaban J connectivity index is 1.35. The number of ether oxygens (including phenoxy) is 3. The predicted octanol–water partition coefficient (Wildman–Crippen LogP) is 5.57. The molecule has 0 spiro atoms. The first-order chi connectivity index (χ1) is 20.5. The number of fused-ring (bicyclic) bond motifs is 4. The summed E-state index contributed by atoms with van der Waals surface area (Å²) in [6, 6.07) is 18.0. The number of esters is 2. The second-order valence-electron chi connectivity index (χ2n) is 13.5. The zero-order valence-electron chi connectivity index (χ0n) is 25.2. The molecule has 0 amide bonds. The molecule has 1 N–H and O–H groups in total. The van der Waals surface area contributed by atoms with E-state index in [-0.39, 0.29) is 30.1 Å². The topological polar surface area (TPSA) is 102 Å². The fourth-order valence-corrected chi connectivity index (χ4v) is 7.68. The molecule has 0 aromatic heterocycles. The second-order valence-corrected chi connectivity index (χ2v) is 13.5. The van der Waals surface area contributed by atoms with Crippen LogP contribution < -0.4 is 0 Å². The van der Waals surface area contributed by atoms with Crippen LogP contribution in [0.3, 0.4) is 0 Å². The van der Waals surface area contributed by atoms with Gasteiger partial charge in [0.15, 0.2) is 5.60 Å². The molecule has 1 saturated heterocycles. The normalized spacial score (nSPS) is 35.9. The van der Waals surface area contributed by atoms with Gasteiger partial charge in [0, 0.05) is 18.4 Å². The van der Waals surface area contributed by atoms with Gasteiger partial charge in [0.1, 0.15) is 0 Å². The molecule has 3 fully saturated rings. The summed E-state index contributed by atoms with van der Waals surface area (Å²) in [6.07, 6.45) is 5.15.